The summed E-state index contributed by atoms with van der Waals surface area (Å²) in [5.41, 5.74) is 0.813. The lowest BCUT2D eigenvalue weighted by Crippen LogP contribution is -2.54. The largest absolute Gasteiger partial charge is 0.464 e. The second-order valence-corrected chi connectivity index (χ2v) is 11.3. The number of hydrogen-bond acceptors (Lipinski definition) is 10. The molecule has 3 rings (SSSR count). The van der Waals surface area contributed by atoms with Crippen LogP contribution in [-0.4, -0.2) is 73.1 Å². The molecule has 0 aromatic heterocycles. The van der Waals surface area contributed by atoms with E-state index in [1.165, 1.54) is 13.8 Å². The Morgan fingerprint density at radius 2 is 1.86 bits per heavy atom. The third-order valence-electron chi connectivity index (χ3n) is 7.82. The van der Waals surface area contributed by atoms with Crippen molar-refractivity contribution < 1.29 is 48.0 Å². The minimum absolute atomic E-state index is 0.0847. The van der Waals surface area contributed by atoms with Crippen molar-refractivity contribution in [2.45, 2.75) is 104 Å². The number of esters is 2. The quantitative estimate of drug-likeness (QED) is 0.138. The highest BCUT2D eigenvalue weighted by atomic mass is 16.7. The van der Waals surface area contributed by atoms with E-state index in [1.54, 1.807) is 18.2 Å². The van der Waals surface area contributed by atoms with Gasteiger partial charge >= 0.3 is 11.9 Å². The van der Waals surface area contributed by atoms with E-state index in [2.05, 4.69) is 17.2 Å². The Kier molecular flexibility index (Phi) is 14.1. The SMILES string of the molecule is CC(=O)OC[C@H]1O[C@@H](Oc2ccc(CO)cc2C(=O)CCCNC(=O)COC2C#CCCCCC2)[C@H](C)[C@@H](C)[C@@H]1OC(C)=O. The van der Waals surface area contributed by atoms with Gasteiger partial charge in [-0.2, -0.15) is 0 Å². The number of aliphatic hydroxyl groups is 1. The summed E-state index contributed by atoms with van der Waals surface area (Å²) in [6.45, 7) is 6.16. The van der Waals surface area contributed by atoms with E-state index in [1.807, 2.05) is 13.8 Å². The number of benzene rings is 1. The molecule has 0 radical (unpaired) electrons. The fourth-order valence-corrected chi connectivity index (χ4v) is 5.17. The van der Waals surface area contributed by atoms with Crippen molar-refractivity contribution in [2.24, 2.45) is 11.8 Å². The average molecular weight is 616 g/mol. The van der Waals surface area contributed by atoms with Gasteiger partial charge in [-0.1, -0.05) is 32.3 Å². The van der Waals surface area contributed by atoms with Crippen LogP contribution in [-0.2, 0) is 39.9 Å². The Morgan fingerprint density at radius 3 is 2.59 bits per heavy atom. The van der Waals surface area contributed by atoms with E-state index in [9.17, 15) is 24.3 Å². The average Bonchev–Trinajstić information content (AvgIpc) is 2.97. The predicted molar refractivity (Wildman–Crippen MR) is 159 cm³/mol. The Labute approximate surface area is 259 Å². The lowest BCUT2D eigenvalue weighted by molar-refractivity contribution is -0.248. The van der Waals surface area contributed by atoms with Gasteiger partial charge in [-0.15, -0.1) is 5.92 Å². The van der Waals surface area contributed by atoms with Crippen molar-refractivity contribution in [3.63, 3.8) is 0 Å². The van der Waals surface area contributed by atoms with E-state index in [0.717, 1.165) is 32.1 Å². The molecule has 1 aliphatic carbocycles. The van der Waals surface area contributed by atoms with Crippen LogP contribution in [0, 0.1) is 23.7 Å². The molecule has 1 fully saturated rings. The molecular weight excluding hydrogens is 570 g/mol. The van der Waals surface area contributed by atoms with Crippen LogP contribution in [0.2, 0.25) is 0 Å². The summed E-state index contributed by atoms with van der Waals surface area (Å²) in [4.78, 5) is 48.8. The van der Waals surface area contributed by atoms with E-state index in [4.69, 9.17) is 23.7 Å². The molecular formula is C33H45NO10. The standard InChI is InChI=1S/C33H45NO10/c1-21-22(2)33(44-30(19-40-23(3)36)32(21)42-24(4)37)43-29-15-14-25(18-35)17-27(29)28(38)13-10-16-34-31(39)20-41-26-11-8-6-5-7-9-12-26/h14-15,17,21-22,26,30,32-33,35H,5-8,10-11,13,16,18-20H2,1-4H3,(H,34,39)/t21-,22-,26?,30-,32+,33-/m1/s1. The van der Waals surface area contributed by atoms with Gasteiger partial charge in [-0.3, -0.25) is 19.2 Å². The molecule has 44 heavy (non-hydrogen) atoms. The highest BCUT2D eigenvalue weighted by Gasteiger charge is 2.45. The van der Waals surface area contributed by atoms with E-state index < -0.39 is 30.4 Å². The van der Waals surface area contributed by atoms with Gasteiger partial charge in [0.2, 0.25) is 12.2 Å². The van der Waals surface area contributed by atoms with Crippen molar-refractivity contribution in [1.82, 2.24) is 5.32 Å². The van der Waals surface area contributed by atoms with Gasteiger partial charge in [0, 0.05) is 45.1 Å². The Hall–Kier alpha value is -3.46. The fraction of sp³-hybridized carbons (Fsp3) is 0.636. The highest BCUT2D eigenvalue weighted by molar-refractivity contribution is 5.98. The molecule has 11 heteroatoms. The molecule has 0 bridgehead atoms. The highest BCUT2D eigenvalue weighted by Crippen LogP contribution is 2.35. The first kappa shape index (κ1) is 35.0. The normalized spacial score (nSPS) is 24.9. The maximum atomic E-state index is 13.3. The van der Waals surface area contributed by atoms with E-state index in [-0.39, 0.29) is 73.7 Å². The summed E-state index contributed by atoms with van der Waals surface area (Å²) in [6, 6.07) is 4.84. The third kappa shape index (κ3) is 10.9. The van der Waals surface area contributed by atoms with Gasteiger partial charge in [-0.05, 0) is 43.4 Å². The molecule has 1 unspecified atom stereocenters. The molecule has 6 atom stereocenters. The molecule has 1 aliphatic heterocycles. The zero-order chi connectivity index (χ0) is 32.1. The van der Waals surface area contributed by atoms with Crippen LogP contribution in [0.1, 0.15) is 88.6 Å². The topological polar surface area (TPSA) is 147 Å². The van der Waals surface area contributed by atoms with Crippen LogP contribution < -0.4 is 10.1 Å². The van der Waals surface area contributed by atoms with Crippen molar-refractivity contribution in [1.29, 1.82) is 0 Å². The summed E-state index contributed by atoms with van der Waals surface area (Å²) in [5, 5.41) is 12.5. The Morgan fingerprint density at radius 1 is 1.07 bits per heavy atom. The molecule has 11 nitrogen and oxygen atoms in total. The zero-order valence-electron chi connectivity index (χ0n) is 26.1. The lowest BCUT2D eigenvalue weighted by atomic mass is 9.84. The van der Waals surface area contributed by atoms with Gasteiger partial charge in [0.05, 0.1) is 12.2 Å². The Balaban J connectivity index is 1.60. The van der Waals surface area contributed by atoms with Crippen LogP contribution in [0.3, 0.4) is 0 Å². The number of hydrogen-bond donors (Lipinski definition) is 2. The van der Waals surface area contributed by atoms with Crippen molar-refractivity contribution in [2.75, 3.05) is 19.8 Å². The number of carbonyl (C=O) groups is 4. The predicted octanol–water partition coefficient (Wildman–Crippen LogP) is 3.48. The first-order valence-electron chi connectivity index (χ1n) is 15.3. The van der Waals surface area contributed by atoms with Crippen molar-refractivity contribution in [3.05, 3.63) is 29.3 Å². The van der Waals surface area contributed by atoms with Crippen LogP contribution in [0.4, 0.5) is 0 Å². The first-order valence-corrected chi connectivity index (χ1v) is 15.3. The lowest BCUT2D eigenvalue weighted by Gasteiger charge is -2.43. The molecule has 2 N–H and O–H groups in total. The number of Topliss-reactive ketones (excluding diaryl/α,β-unsaturated/α-hetero) is 1. The fourth-order valence-electron chi connectivity index (χ4n) is 5.17. The smallest absolute Gasteiger partial charge is 0.303 e. The van der Waals surface area contributed by atoms with Crippen LogP contribution >= 0.6 is 0 Å². The summed E-state index contributed by atoms with van der Waals surface area (Å²) < 4.78 is 28.7. The maximum absolute atomic E-state index is 13.3. The molecule has 1 aromatic carbocycles. The Bertz CT molecular complexity index is 1200. The summed E-state index contributed by atoms with van der Waals surface area (Å²) in [5.74, 6) is 4.48. The summed E-state index contributed by atoms with van der Waals surface area (Å²) >= 11 is 0. The third-order valence-corrected chi connectivity index (χ3v) is 7.82. The van der Waals surface area contributed by atoms with Gasteiger partial charge in [0.1, 0.15) is 37.3 Å². The number of ether oxygens (including phenoxy) is 5. The number of rotatable bonds is 14. The molecule has 1 amide bonds. The van der Waals surface area contributed by atoms with Crippen molar-refractivity contribution in [3.8, 4) is 17.6 Å². The minimum Gasteiger partial charge on any atom is -0.464 e. The summed E-state index contributed by atoms with van der Waals surface area (Å²) in [7, 11) is 0. The number of aliphatic hydroxyl groups excluding tert-OH is 1. The molecule has 2 aliphatic rings. The maximum Gasteiger partial charge on any atom is 0.303 e. The molecule has 1 heterocycles. The molecule has 0 saturated carbocycles. The number of nitrogens with one attached hydrogen (secondary N) is 1. The number of carbonyl (C=O) groups excluding carboxylic acids is 4. The van der Waals surface area contributed by atoms with Gasteiger partial charge < -0.3 is 34.1 Å². The molecule has 242 valence electrons. The first-order chi connectivity index (χ1) is 21.1. The second kappa shape index (κ2) is 17.7. The monoisotopic (exact) mass is 615 g/mol. The van der Waals surface area contributed by atoms with Crippen LogP contribution in [0.15, 0.2) is 18.2 Å². The zero-order valence-corrected chi connectivity index (χ0v) is 26.1. The van der Waals surface area contributed by atoms with E-state index >= 15 is 0 Å². The second-order valence-electron chi connectivity index (χ2n) is 11.3. The van der Waals surface area contributed by atoms with Crippen LogP contribution in [0.5, 0.6) is 5.75 Å². The van der Waals surface area contributed by atoms with Crippen LogP contribution in [0.25, 0.3) is 0 Å². The minimum atomic E-state index is -0.842. The summed E-state index contributed by atoms with van der Waals surface area (Å²) in [6.07, 6.45) is 2.91. The molecule has 1 aromatic rings. The molecule has 1 saturated heterocycles. The number of ketones is 1. The number of amides is 1. The van der Waals surface area contributed by atoms with Gasteiger partial charge in [0.25, 0.3) is 0 Å². The molecule has 0 spiro atoms. The van der Waals surface area contributed by atoms with Crippen molar-refractivity contribution >= 4 is 23.6 Å². The van der Waals surface area contributed by atoms with Gasteiger partial charge in [-0.25, -0.2) is 0 Å². The van der Waals surface area contributed by atoms with Gasteiger partial charge in [0.15, 0.2) is 5.78 Å². The van der Waals surface area contributed by atoms with E-state index in [0.29, 0.717) is 12.0 Å².